The topological polar surface area (TPSA) is 90.6 Å². The van der Waals surface area contributed by atoms with Crippen LogP contribution in [0.15, 0.2) is 36.4 Å². The average molecular weight is 346 g/mol. The van der Waals surface area contributed by atoms with Gasteiger partial charge in [-0.05, 0) is 49.7 Å². The summed E-state index contributed by atoms with van der Waals surface area (Å²) in [7, 11) is 1.49. The van der Waals surface area contributed by atoms with Gasteiger partial charge in [-0.15, -0.1) is 0 Å². The van der Waals surface area contributed by atoms with Crippen molar-refractivity contribution in [2.75, 3.05) is 18.2 Å². The Morgan fingerprint density at radius 3 is 2.56 bits per heavy atom. The number of carbonyl (C=O) groups is 2. The van der Waals surface area contributed by atoms with Crippen LogP contribution in [0, 0.1) is 12.7 Å². The fourth-order valence-electron chi connectivity index (χ4n) is 2.15. The van der Waals surface area contributed by atoms with Gasteiger partial charge < -0.3 is 20.5 Å². The zero-order valence-corrected chi connectivity index (χ0v) is 14.1. The van der Waals surface area contributed by atoms with E-state index in [1.54, 1.807) is 12.1 Å². The lowest BCUT2D eigenvalue weighted by Crippen LogP contribution is -2.30. The largest absolute Gasteiger partial charge is 0.495 e. The smallest absolute Gasteiger partial charge is 0.341 e. The van der Waals surface area contributed by atoms with E-state index in [-0.39, 0.29) is 11.3 Å². The molecule has 2 aromatic carbocycles. The molecule has 0 fully saturated rings. The summed E-state index contributed by atoms with van der Waals surface area (Å²) in [6.07, 6.45) is -1.08. The Labute approximate surface area is 144 Å². The number of ether oxygens (including phenoxy) is 2. The van der Waals surface area contributed by atoms with Gasteiger partial charge in [0.05, 0.1) is 18.4 Å². The molecule has 25 heavy (non-hydrogen) atoms. The van der Waals surface area contributed by atoms with Crippen LogP contribution in [0.2, 0.25) is 0 Å². The Bertz CT molecular complexity index is 808. The molecule has 0 aliphatic rings. The predicted molar refractivity (Wildman–Crippen MR) is 92.1 cm³/mol. The van der Waals surface area contributed by atoms with Crippen LogP contribution in [0.1, 0.15) is 22.8 Å². The SMILES string of the molecule is COc1ccc(C)cc1NC(=O)C(C)OC(=O)c1ccc(F)cc1N. The first kappa shape index (κ1) is 18.3. The van der Waals surface area contributed by atoms with Crippen molar-refractivity contribution in [1.29, 1.82) is 0 Å². The lowest BCUT2D eigenvalue weighted by atomic mass is 10.2. The quantitative estimate of drug-likeness (QED) is 0.642. The van der Waals surface area contributed by atoms with Gasteiger partial charge in [-0.3, -0.25) is 4.79 Å². The molecule has 0 saturated heterocycles. The Morgan fingerprint density at radius 1 is 1.20 bits per heavy atom. The average Bonchev–Trinajstić information content (AvgIpc) is 2.54. The van der Waals surface area contributed by atoms with Crippen molar-refractivity contribution in [2.45, 2.75) is 20.0 Å². The molecule has 0 heterocycles. The van der Waals surface area contributed by atoms with E-state index in [2.05, 4.69) is 5.32 Å². The van der Waals surface area contributed by atoms with E-state index in [9.17, 15) is 14.0 Å². The van der Waals surface area contributed by atoms with Crippen molar-refractivity contribution in [3.63, 3.8) is 0 Å². The second kappa shape index (κ2) is 7.65. The Balaban J connectivity index is 2.07. The lowest BCUT2D eigenvalue weighted by Gasteiger charge is -2.16. The Kier molecular flexibility index (Phi) is 5.59. The minimum absolute atomic E-state index is 0.00538. The van der Waals surface area contributed by atoms with Gasteiger partial charge in [0.15, 0.2) is 6.10 Å². The number of esters is 1. The number of carbonyl (C=O) groups excluding carboxylic acids is 2. The molecule has 7 heteroatoms. The maximum absolute atomic E-state index is 13.0. The molecule has 0 bridgehead atoms. The molecule has 0 aliphatic carbocycles. The van der Waals surface area contributed by atoms with Gasteiger partial charge in [0.1, 0.15) is 11.6 Å². The first-order chi connectivity index (χ1) is 11.8. The fraction of sp³-hybridized carbons (Fsp3) is 0.222. The molecule has 132 valence electrons. The van der Waals surface area contributed by atoms with E-state index in [0.29, 0.717) is 11.4 Å². The maximum atomic E-state index is 13.0. The number of aryl methyl sites for hydroxylation is 1. The van der Waals surface area contributed by atoms with E-state index in [0.717, 1.165) is 17.7 Å². The lowest BCUT2D eigenvalue weighted by molar-refractivity contribution is -0.123. The molecular formula is C18H19FN2O4. The van der Waals surface area contributed by atoms with Gasteiger partial charge in [-0.25, -0.2) is 9.18 Å². The second-order valence-electron chi connectivity index (χ2n) is 5.47. The summed E-state index contributed by atoms with van der Waals surface area (Å²) in [5.41, 5.74) is 6.93. The van der Waals surface area contributed by atoms with Gasteiger partial charge in [0.2, 0.25) is 0 Å². The van der Waals surface area contributed by atoms with Crippen molar-refractivity contribution in [3.05, 3.63) is 53.3 Å². The normalized spacial score (nSPS) is 11.5. The molecule has 3 N–H and O–H groups in total. The molecule has 2 rings (SSSR count). The molecule has 0 aromatic heterocycles. The number of nitrogens with one attached hydrogen (secondary N) is 1. The van der Waals surface area contributed by atoms with Crippen LogP contribution in [0.25, 0.3) is 0 Å². The van der Waals surface area contributed by atoms with Crippen LogP contribution < -0.4 is 15.8 Å². The van der Waals surface area contributed by atoms with Crippen molar-refractivity contribution in [2.24, 2.45) is 0 Å². The third-order valence-corrected chi connectivity index (χ3v) is 3.50. The van der Waals surface area contributed by atoms with Crippen molar-refractivity contribution in [3.8, 4) is 5.75 Å². The monoisotopic (exact) mass is 346 g/mol. The molecule has 0 aliphatic heterocycles. The highest BCUT2D eigenvalue weighted by atomic mass is 19.1. The molecule has 0 spiro atoms. The third-order valence-electron chi connectivity index (χ3n) is 3.50. The van der Waals surface area contributed by atoms with Crippen LogP contribution >= 0.6 is 0 Å². The van der Waals surface area contributed by atoms with Crippen molar-refractivity contribution < 1.29 is 23.5 Å². The Morgan fingerprint density at radius 2 is 1.92 bits per heavy atom. The van der Waals surface area contributed by atoms with Gasteiger partial charge in [-0.1, -0.05) is 6.07 Å². The highest BCUT2D eigenvalue weighted by molar-refractivity contribution is 6.00. The minimum Gasteiger partial charge on any atom is -0.495 e. The van der Waals surface area contributed by atoms with Crippen LogP contribution in [0.5, 0.6) is 5.75 Å². The number of anilines is 2. The number of amides is 1. The number of nitrogen functional groups attached to an aromatic ring is 1. The third kappa shape index (κ3) is 4.47. The van der Waals surface area contributed by atoms with E-state index < -0.39 is 23.8 Å². The first-order valence-corrected chi connectivity index (χ1v) is 7.53. The van der Waals surface area contributed by atoms with Crippen molar-refractivity contribution in [1.82, 2.24) is 0 Å². The highest BCUT2D eigenvalue weighted by Gasteiger charge is 2.21. The van der Waals surface area contributed by atoms with Crippen LogP contribution in [0.4, 0.5) is 15.8 Å². The maximum Gasteiger partial charge on any atom is 0.341 e. The summed E-state index contributed by atoms with van der Waals surface area (Å²) in [5, 5.41) is 2.65. The fourth-order valence-corrected chi connectivity index (χ4v) is 2.15. The summed E-state index contributed by atoms with van der Waals surface area (Å²) in [4.78, 5) is 24.4. The highest BCUT2D eigenvalue weighted by Crippen LogP contribution is 2.25. The van der Waals surface area contributed by atoms with Crippen LogP contribution in [-0.2, 0) is 9.53 Å². The molecule has 2 aromatic rings. The van der Waals surface area contributed by atoms with Gasteiger partial charge >= 0.3 is 5.97 Å². The summed E-state index contributed by atoms with van der Waals surface area (Å²) in [6, 6.07) is 8.62. The van der Waals surface area contributed by atoms with Crippen LogP contribution in [-0.4, -0.2) is 25.1 Å². The molecule has 6 nitrogen and oxygen atoms in total. The first-order valence-electron chi connectivity index (χ1n) is 7.53. The molecule has 1 atom stereocenters. The van der Waals surface area contributed by atoms with E-state index in [4.69, 9.17) is 15.2 Å². The predicted octanol–water partition coefficient (Wildman–Crippen LogP) is 2.91. The summed E-state index contributed by atoms with van der Waals surface area (Å²) in [6.45, 7) is 3.30. The summed E-state index contributed by atoms with van der Waals surface area (Å²) < 4.78 is 23.3. The molecular weight excluding hydrogens is 327 g/mol. The Hall–Kier alpha value is -3.09. The standard InChI is InChI=1S/C18H19FN2O4/c1-10-4-7-16(24-3)15(8-10)21-17(22)11(2)25-18(23)13-6-5-12(19)9-14(13)20/h4-9,11H,20H2,1-3H3,(H,21,22). The summed E-state index contributed by atoms with van der Waals surface area (Å²) >= 11 is 0. The number of rotatable bonds is 5. The molecule has 1 unspecified atom stereocenters. The zero-order chi connectivity index (χ0) is 18.6. The van der Waals surface area contributed by atoms with E-state index >= 15 is 0 Å². The number of benzene rings is 2. The second-order valence-corrected chi connectivity index (χ2v) is 5.47. The van der Waals surface area contributed by atoms with Crippen LogP contribution in [0.3, 0.4) is 0 Å². The van der Waals surface area contributed by atoms with Crippen molar-refractivity contribution >= 4 is 23.3 Å². The van der Waals surface area contributed by atoms with Gasteiger partial charge in [0.25, 0.3) is 5.91 Å². The minimum atomic E-state index is -1.08. The van der Waals surface area contributed by atoms with Gasteiger partial charge in [0, 0.05) is 5.69 Å². The number of hydrogen-bond acceptors (Lipinski definition) is 5. The molecule has 0 saturated carbocycles. The molecule has 1 amide bonds. The van der Waals surface area contributed by atoms with E-state index in [1.807, 2.05) is 13.0 Å². The zero-order valence-electron chi connectivity index (χ0n) is 14.1. The summed E-state index contributed by atoms with van der Waals surface area (Å²) in [5.74, 6) is -1.42. The number of methoxy groups -OCH3 is 1. The van der Waals surface area contributed by atoms with Gasteiger partial charge in [-0.2, -0.15) is 0 Å². The number of nitrogens with two attached hydrogens (primary N) is 1. The van der Waals surface area contributed by atoms with E-state index in [1.165, 1.54) is 20.1 Å². The number of hydrogen-bond donors (Lipinski definition) is 2. The molecule has 0 radical (unpaired) electrons. The number of halogens is 1.